The Morgan fingerprint density at radius 1 is 0.829 bits per heavy atom. The predicted octanol–water partition coefficient (Wildman–Crippen LogP) is 4.95. The molecule has 1 aliphatic heterocycles. The van der Waals surface area contributed by atoms with Crippen molar-refractivity contribution < 1.29 is 38.0 Å². The summed E-state index contributed by atoms with van der Waals surface area (Å²) in [6.07, 6.45) is -0.382. The largest absolute Gasteiger partial charge is 0.493 e. The second-order valence-electron chi connectivity index (χ2n) is 7.81. The van der Waals surface area contributed by atoms with Gasteiger partial charge < -0.3 is 33.2 Å². The number of fused-ring (bicyclic) bond motifs is 1. The van der Waals surface area contributed by atoms with Gasteiger partial charge in [0.1, 0.15) is 35.5 Å². The SMILES string of the molecule is COCOc1cc(OCOC)c2c(c1)OC(c1ccc(OC)c(OCc3ccccc3)c1)CC2=O. The van der Waals surface area contributed by atoms with Gasteiger partial charge in [-0.25, -0.2) is 0 Å². The molecule has 0 bridgehead atoms. The monoisotopic (exact) mass is 480 g/mol. The third-order valence-electron chi connectivity index (χ3n) is 5.43. The number of carbonyl (C=O) groups excluding carboxylic acids is 1. The lowest BCUT2D eigenvalue weighted by Crippen LogP contribution is -2.22. The van der Waals surface area contributed by atoms with Gasteiger partial charge in [-0.15, -0.1) is 0 Å². The van der Waals surface area contributed by atoms with Crippen molar-refractivity contribution in [1.29, 1.82) is 0 Å². The highest BCUT2D eigenvalue weighted by atomic mass is 16.7. The number of benzene rings is 3. The minimum atomic E-state index is -0.520. The van der Waals surface area contributed by atoms with Crippen molar-refractivity contribution in [2.75, 3.05) is 34.9 Å². The number of Topliss-reactive ketones (excluding diaryl/α,β-unsaturated/α-hetero) is 1. The van der Waals surface area contributed by atoms with E-state index in [0.29, 0.717) is 40.9 Å². The van der Waals surface area contributed by atoms with Crippen LogP contribution >= 0.6 is 0 Å². The van der Waals surface area contributed by atoms with E-state index in [2.05, 4.69) is 0 Å². The molecule has 0 aromatic heterocycles. The van der Waals surface area contributed by atoms with E-state index in [0.717, 1.165) is 11.1 Å². The maximum Gasteiger partial charge on any atom is 0.188 e. The van der Waals surface area contributed by atoms with Crippen molar-refractivity contribution >= 4 is 5.78 Å². The van der Waals surface area contributed by atoms with Crippen LogP contribution in [0.25, 0.3) is 0 Å². The molecule has 35 heavy (non-hydrogen) atoms. The molecule has 1 unspecified atom stereocenters. The lowest BCUT2D eigenvalue weighted by molar-refractivity contribution is 0.0439. The average Bonchev–Trinajstić information content (AvgIpc) is 2.89. The molecule has 3 aromatic rings. The number of carbonyl (C=O) groups is 1. The Morgan fingerprint density at radius 3 is 2.34 bits per heavy atom. The second kappa shape index (κ2) is 11.6. The summed E-state index contributed by atoms with van der Waals surface area (Å²) in [6.45, 7) is 0.409. The Hall–Kier alpha value is -3.75. The first-order valence-electron chi connectivity index (χ1n) is 11.1. The molecule has 8 nitrogen and oxygen atoms in total. The molecule has 0 aliphatic carbocycles. The minimum absolute atomic E-state index is 0.0164. The van der Waals surface area contributed by atoms with Gasteiger partial charge in [0.05, 0.1) is 13.5 Å². The summed E-state index contributed by atoms with van der Waals surface area (Å²) in [4.78, 5) is 13.2. The fraction of sp³-hybridized carbons (Fsp3) is 0.296. The van der Waals surface area contributed by atoms with Gasteiger partial charge in [0.15, 0.2) is 30.9 Å². The Bertz CT molecular complexity index is 1150. The van der Waals surface area contributed by atoms with E-state index in [1.165, 1.54) is 14.2 Å². The summed E-state index contributed by atoms with van der Waals surface area (Å²) in [6, 6.07) is 18.7. The van der Waals surface area contributed by atoms with Crippen LogP contribution < -0.4 is 23.7 Å². The van der Waals surface area contributed by atoms with E-state index < -0.39 is 6.10 Å². The second-order valence-corrected chi connectivity index (χ2v) is 7.81. The van der Waals surface area contributed by atoms with Crippen LogP contribution in [0.15, 0.2) is 60.7 Å². The van der Waals surface area contributed by atoms with E-state index >= 15 is 0 Å². The Kier molecular flexibility index (Phi) is 8.07. The summed E-state index contributed by atoms with van der Waals surface area (Å²) in [5.74, 6) is 2.21. The van der Waals surface area contributed by atoms with Crippen LogP contribution in [0.5, 0.6) is 28.7 Å². The van der Waals surface area contributed by atoms with Crippen molar-refractivity contribution in [2.24, 2.45) is 0 Å². The molecule has 1 atom stereocenters. The Morgan fingerprint density at radius 2 is 1.60 bits per heavy atom. The van der Waals surface area contributed by atoms with Crippen molar-refractivity contribution in [3.05, 3.63) is 77.4 Å². The summed E-state index contributed by atoms with van der Waals surface area (Å²) < 4.78 is 39.0. The smallest absolute Gasteiger partial charge is 0.188 e. The maximum absolute atomic E-state index is 13.2. The molecule has 1 heterocycles. The van der Waals surface area contributed by atoms with Gasteiger partial charge in [-0.05, 0) is 23.3 Å². The van der Waals surface area contributed by atoms with Crippen molar-refractivity contribution in [3.63, 3.8) is 0 Å². The number of ether oxygens (including phenoxy) is 7. The van der Waals surface area contributed by atoms with Crippen LogP contribution in [0.2, 0.25) is 0 Å². The summed E-state index contributed by atoms with van der Waals surface area (Å²) in [5.41, 5.74) is 2.18. The molecule has 0 N–H and O–H groups in total. The van der Waals surface area contributed by atoms with E-state index in [-0.39, 0.29) is 25.8 Å². The van der Waals surface area contributed by atoms with Crippen LogP contribution in [0.1, 0.15) is 34.0 Å². The van der Waals surface area contributed by atoms with E-state index in [4.69, 9.17) is 33.2 Å². The summed E-state index contributed by atoms with van der Waals surface area (Å²) >= 11 is 0. The Balaban J connectivity index is 1.61. The number of ketones is 1. The van der Waals surface area contributed by atoms with E-state index in [1.807, 2.05) is 48.5 Å². The molecule has 0 spiro atoms. The first-order chi connectivity index (χ1) is 17.1. The molecule has 8 heteroatoms. The lowest BCUT2D eigenvalue weighted by Gasteiger charge is -2.28. The zero-order valence-corrected chi connectivity index (χ0v) is 19.9. The first-order valence-corrected chi connectivity index (χ1v) is 11.1. The van der Waals surface area contributed by atoms with Crippen molar-refractivity contribution in [1.82, 2.24) is 0 Å². The highest BCUT2D eigenvalue weighted by Gasteiger charge is 2.32. The number of rotatable bonds is 11. The molecule has 1 aliphatic rings. The van der Waals surface area contributed by atoms with Gasteiger partial charge in [0.25, 0.3) is 0 Å². The quantitative estimate of drug-likeness (QED) is 0.357. The molecular weight excluding hydrogens is 452 g/mol. The van der Waals surface area contributed by atoms with Crippen LogP contribution in [0.3, 0.4) is 0 Å². The van der Waals surface area contributed by atoms with E-state index in [1.54, 1.807) is 19.2 Å². The van der Waals surface area contributed by atoms with Crippen molar-refractivity contribution in [3.8, 4) is 28.7 Å². The molecule has 4 rings (SSSR count). The van der Waals surface area contributed by atoms with E-state index in [9.17, 15) is 4.79 Å². The van der Waals surface area contributed by atoms with Crippen LogP contribution in [-0.4, -0.2) is 40.7 Å². The van der Waals surface area contributed by atoms with Gasteiger partial charge in [-0.1, -0.05) is 36.4 Å². The van der Waals surface area contributed by atoms with Gasteiger partial charge >= 0.3 is 0 Å². The highest BCUT2D eigenvalue weighted by molar-refractivity contribution is 6.02. The van der Waals surface area contributed by atoms with Crippen LogP contribution in [0, 0.1) is 0 Å². The number of methoxy groups -OCH3 is 3. The Labute approximate surface area is 204 Å². The normalized spacial score (nSPS) is 14.6. The third-order valence-corrected chi connectivity index (χ3v) is 5.43. The molecular formula is C27H28O8. The zero-order chi connectivity index (χ0) is 24.6. The zero-order valence-electron chi connectivity index (χ0n) is 19.9. The third kappa shape index (κ3) is 5.85. The fourth-order valence-corrected chi connectivity index (χ4v) is 3.77. The van der Waals surface area contributed by atoms with Gasteiger partial charge in [0.2, 0.25) is 0 Å². The molecule has 0 saturated heterocycles. The maximum atomic E-state index is 13.2. The number of hydrogen-bond acceptors (Lipinski definition) is 8. The van der Waals surface area contributed by atoms with Gasteiger partial charge in [-0.2, -0.15) is 0 Å². The highest BCUT2D eigenvalue weighted by Crippen LogP contribution is 2.43. The van der Waals surface area contributed by atoms with Gasteiger partial charge in [-0.3, -0.25) is 4.79 Å². The van der Waals surface area contributed by atoms with Gasteiger partial charge in [0, 0.05) is 26.4 Å². The summed E-state index contributed by atoms with van der Waals surface area (Å²) in [5, 5.41) is 0. The fourth-order valence-electron chi connectivity index (χ4n) is 3.77. The first kappa shape index (κ1) is 24.4. The minimum Gasteiger partial charge on any atom is -0.493 e. The molecule has 0 saturated carbocycles. The van der Waals surface area contributed by atoms with Crippen molar-refractivity contribution in [2.45, 2.75) is 19.1 Å². The van der Waals surface area contributed by atoms with Crippen LogP contribution in [-0.2, 0) is 16.1 Å². The average molecular weight is 481 g/mol. The molecule has 0 amide bonds. The lowest BCUT2D eigenvalue weighted by atomic mass is 9.95. The number of hydrogen-bond donors (Lipinski definition) is 0. The predicted molar refractivity (Wildman–Crippen MR) is 128 cm³/mol. The molecule has 3 aromatic carbocycles. The summed E-state index contributed by atoms with van der Waals surface area (Å²) in [7, 11) is 4.62. The topological polar surface area (TPSA) is 81.7 Å². The molecule has 0 radical (unpaired) electrons. The molecule has 184 valence electrons. The molecule has 0 fully saturated rings. The van der Waals surface area contributed by atoms with Crippen LogP contribution in [0.4, 0.5) is 0 Å². The standard InChI is InChI=1S/C27H28O8/c1-29-16-33-20-12-25(34-17-30-2)27-21(28)14-23(35-26(27)13-20)19-9-10-22(31-3)24(11-19)32-15-18-7-5-4-6-8-18/h4-13,23H,14-17H2,1-3H3.